The van der Waals surface area contributed by atoms with Crippen LogP contribution >= 0.6 is 11.3 Å². The van der Waals surface area contributed by atoms with E-state index in [1.807, 2.05) is 29.2 Å². The van der Waals surface area contributed by atoms with Gasteiger partial charge in [-0.2, -0.15) is 0 Å². The molecule has 1 aromatic carbocycles. The van der Waals surface area contributed by atoms with E-state index in [-0.39, 0.29) is 11.9 Å². The molecule has 11 nitrogen and oxygen atoms in total. The zero-order valence-corrected chi connectivity index (χ0v) is 21.0. The predicted molar refractivity (Wildman–Crippen MR) is 136 cm³/mol. The lowest BCUT2D eigenvalue weighted by Crippen LogP contribution is -2.51. The van der Waals surface area contributed by atoms with Gasteiger partial charge in [-0.1, -0.05) is 12.1 Å². The molecule has 0 saturated carbocycles. The van der Waals surface area contributed by atoms with Crippen LogP contribution in [0.3, 0.4) is 0 Å². The number of aryl methyl sites for hydroxylation is 2. The maximum Gasteiger partial charge on any atom is 0.409 e. The zero-order chi connectivity index (χ0) is 25.4. The first kappa shape index (κ1) is 26.1. The van der Waals surface area contributed by atoms with Crippen molar-refractivity contribution in [2.75, 3.05) is 45.6 Å². The Morgan fingerprint density at radius 2 is 1.83 bits per heavy atom. The number of aromatic nitrogens is 1. The standard InChI is InChI=1S/C23H31N7O4S/c1-16(31)26-21-27-19(9-6-17-4-7-18(8-5-17)24-15-25-22(32)33)20(35-21)14-29-10-12-30(13-11-29)23(34)28(2)3/h4-5,7-8,15H,6,9-14H2,1-3H3,(H,24,25)(H,32,33)(H,26,27,31). The van der Waals surface area contributed by atoms with Crippen molar-refractivity contribution in [2.45, 2.75) is 26.3 Å². The van der Waals surface area contributed by atoms with Gasteiger partial charge in [-0.25, -0.2) is 19.6 Å². The van der Waals surface area contributed by atoms with Crippen molar-refractivity contribution in [1.82, 2.24) is 25.0 Å². The van der Waals surface area contributed by atoms with Crippen molar-refractivity contribution in [2.24, 2.45) is 4.99 Å². The molecule has 0 bridgehead atoms. The number of rotatable bonds is 8. The number of urea groups is 1. The van der Waals surface area contributed by atoms with Gasteiger partial charge in [0.25, 0.3) is 0 Å². The normalized spacial score (nSPS) is 14.2. The molecule has 2 aromatic rings. The average molecular weight is 502 g/mol. The van der Waals surface area contributed by atoms with Gasteiger partial charge in [0.2, 0.25) is 5.91 Å². The fourth-order valence-electron chi connectivity index (χ4n) is 3.66. The minimum absolute atomic E-state index is 0.0333. The van der Waals surface area contributed by atoms with E-state index in [4.69, 9.17) is 5.11 Å². The molecule has 3 rings (SSSR count). The maximum absolute atomic E-state index is 12.2. The monoisotopic (exact) mass is 501 g/mol. The van der Waals surface area contributed by atoms with E-state index in [1.165, 1.54) is 18.3 Å². The number of nitrogens with zero attached hydrogens (tertiary/aromatic N) is 5. The number of piperazine rings is 1. The minimum Gasteiger partial charge on any atom is -0.465 e. The van der Waals surface area contributed by atoms with Crippen LogP contribution in [-0.4, -0.2) is 89.4 Å². The van der Waals surface area contributed by atoms with E-state index in [0.29, 0.717) is 30.3 Å². The highest BCUT2D eigenvalue weighted by Crippen LogP contribution is 2.27. The van der Waals surface area contributed by atoms with Crippen molar-refractivity contribution in [3.63, 3.8) is 0 Å². The number of carbonyl (C=O) groups excluding carboxylic acids is 2. The summed E-state index contributed by atoms with van der Waals surface area (Å²) in [6.45, 7) is 5.12. The first-order valence-corrected chi connectivity index (χ1v) is 12.1. The molecule has 1 fully saturated rings. The second kappa shape index (κ2) is 12.3. The van der Waals surface area contributed by atoms with E-state index < -0.39 is 6.09 Å². The van der Waals surface area contributed by atoms with Crippen molar-refractivity contribution in [3.05, 3.63) is 40.4 Å². The highest BCUT2D eigenvalue weighted by atomic mass is 32.1. The first-order valence-electron chi connectivity index (χ1n) is 11.3. The molecular weight excluding hydrogens is 470 g/mol. The van der Waals surface area contributed by atoms with Gasteiger partial charge in [0, 0.05) is 58.6 Å². The summed E-state index contributed by atoms with van der Waals surface area (Å²) in [4.78, 5) is 49.8. The van der Waals surface area contributed by atoms with E-state index in [1.54, 1.807) is 19.0 Å². The highest BCUT2D eigenvalue weighted by Gasteiger charge is 2.23. The zero-order valence-electron chi connectivity index (χ0n) is 20.2. The van der Waals surface area contributed by atoms with E-state index in [2.05, 4.69) is 25.5 Å². The molecule has 35 heavy (non-hydrogen) atoms. The van der Waals surface area contributed by atoms with Gasteiger partial charge in [0.05, 0.1) is 17.7 Å². The second-order valence-corrected chi connectivity index (χ2v) is 9.47. The van der Waals surface area contributed by atoms with Gasteiger partial charge in [-0.05, 0) is 30.5 Å². The van der Waals surface area contributed by atoms with E-state index >= 15 is 0 Å². The number of aliphatic imine (C=N–C) groups is 1. The summed E-state index contributed by atoms with van der Waals surface area (Å²) in [6.07, 6.45) is 1.46. The maximum atomic E-state index is 12.2. The lowest BCUT2D eigenvalue weighted by Gasteiger charge is -2.35. The third-order valence-electron chi connectivity index (χ3n) is 5.44. The summed E-state index contributed by atoms with van der Waals surface area (Å²) >= 11 is 1.49. The number of benzene rings is 1. The first-order chi connectivity index (χ1) is 16.7. The van der Waals surface area contributed by atoms with Crippen LogP contribution in [0, 0.1) is 0 Å². The third-order valence-corrected chi connectivity index (χ3v) is 6.44. The minimum atomic E-state index is -1.16. The molecule has 1 aliphatic rings. The van der Waals surface area contributed by atoms with Crippen molar-refractivity contribution in [3.8, 4) is 0 Å². The Kier molecular flexibility index (Phi) is 9.15. The summed E-state index contributed by atoms with van der Waals surface area (Å²) in [5.41, 5.74) is 2.71. The fourth-order valence-corrected chi connectivity index (χ4v) is 4.76. The van der Waals surface area contributed by atoms with Crippen LogP contribution in [0.2, 0.25) is 0 Å². The SMILES string of the molecule is CC(=O)Nc1nc(CCc2ccc(N=CNC(=O)O)cc2)c(CN2CCN(C(=O)N(C)C)CC2)s1. The number of hydrogen-bond acceptors (Lipinski definition) is 7. The summed E-state index contributed by atoms with van der Waals surface area (Å²) < 4.78 is 0. The van der Waals surface area contributed by atoms with Gasteiger partial charge in [0.15, 0.2) is 5.13 Å². The second-order valence-electron chi connectivity index (χ2n) is 8.38. The Labute approximate surface area is 208 Å². The van der Waals surface area contributed by atoms with E-state index in [0.717, 1.165) is 48.5 Å². The van der Waals surface area contributed by atoms with Crippen LogP contribution in [0.4, 0.5) is 20.4 Å². The number of anilines is 1. The van der Waals surface area contributed by atoms with E-state index in [9.17, 15) is 14.4 Å². The number of carbonyl (C=O) groups is 3. The molecule has 3 N–H and O–H groups in total. The van der Waals surface area contributed by atoms with Crippen LogP contribution in [0.25, 0.3) is 0 Å². The Morgan fingerprint density at radius 1 is 1.14 bits per heavy atom. The molecule has 0 spiro atoms. The third kappa shape index (κ3) is 8.04. The Bertz CT molecular complexity index is 1060. The molecule has 0 atom stereocenters. The molecule has 1 saturated heterocycles. The van der Waals surface area contributed by atoms with Gasteiger partial charge >= 0.3 is 12.1 Å². The number of nitrogens with one attached hydrogen (secondary N) is 2. The van der Waals surface area contributed by atoms with Crippen molar-refractivity contribution < 1.29 is 19.5 Å². The van der Waals surface area contributed by atoms with Gasteiger partial charge < -0.3 is 20.2 Å². The molecule has 1 aromatic heterocycles. The Morgan fingerprint density at radius 3 is 2.43 bits per heavy atom. The topological polar surface area (TPSA) is 130 Å². The average Bonchev–Trinajstić information content (AvgIpc) is 3.18. The number of thiazole rings is 1. The predicted octanol–water partition coefficient (Wildman–Crippen LogP) is 2.61. The number of amides is 4. The van der Waals surface area contributed by atoms with Crippen LogP contribution in [0.15, 0.2) is 29.3 Å². The Hall–Kier alpha value is -3.51. The quantitative estimate of drug-likeness (QED) is 0.377. The molecule has 2 heterocycles. The Balaban J connectivity index is 1.62. The van der Waals surface area contributed by atoms with Crippen LogP contribution in [-0.2, 0) is 24.2 Å². The summed E-state index contributed by atoms with van der Waals surface area (Å²) in [5.74, 6) is -0.152. The lowest BCUT2D eigenvalue weighted by molar-refractivity contribution is -0.114. The molecule has 0 radical (unpaired) electrons. The molecule has 4 amide bonds. The molecule has 12 heteroatoms. The van der Waals surface area contributed by atoms with Crippen LogP contribution in [0.5, 0.6) is 0 Å². The number of carboxylic acid groups (broad SMARTS) is 1. The number of hydrogen-bond donors (Lipinski definition) is 3. The van der Waals surface area contributed by atoms with Crippen LogP contribution < -0.4 is 10.6 Å². The fraction of sp³-hybridized carbons (Fsp3) is 0.435. The van der Waals surface area contributed by atoms with Gasteiger partial charge in [0.1, 0.15) is 0 Å². The molecule has 1 aliphatic heterocycles. The summed E-state index contributed by atoms with van der Waals surface area (Å²) in [6, 6.07) is 7.60. The molecule has 188 valence electrons. The van der Waals surface area contributed by atoms with Crippen molar-refractivity contribution in [1.29, 1.82) is 0 Å². The smallest absolute Gasteiger partial charge is 0.409 e. The summed E-state index contributed by atoms with van der Waals surface area (Å²) in [5, 5.41) is 14.1. The lowest BCUT2D eigenvalue weighted by atomic mass is 10.1. The molecule has 0 aliphatic carbocycles. The molecular formula is C23H31N7O4S. The summed E-state index contributed by atoms with van der Waals surface area (Å²) in [7, 11) is 3.53. The van der Waals surface area contributed by atoms with Crippen LogP contribution in [0.1, 0.15) is 23.1 Å². The largest absolute Gasteiger partial charge is 0.465 e. The van der Waals surface area contributed by atoms with Gasteiger partial charge in [-0.15, -0.1) is 11.3 Å². The molecule has 0 unspecified atom stereocenters. The van der Waals surface area contributed by atoms with Gasteiger partial charge in [-0.3, -0.25) is 15.0 Å². The van der Waals surface area contributed by atoms with Crippen molar-refractivity contribution >= 4 is 46.5 Å². The highest BCUT2D eigenvalue weighted by molar-refractivity contribution is 7.15.